The fourth-order valence-electron chi connectivity index (χ4n) is 3.63. The van der Waals surface area contributed by atoms with Crippen LogP contribution in [0.5, 0.6) is 0 Å². The van der Waals surface area contributed by atoms with E-state index in [0.29, 0.717) is 38.5 Å². The molecule has 2 N–H and O–H groups in total. The van der Waals surface area contributed by atoms with Crippen LogP contribution in [0.4, 0.5) is 0 Å². The number of carbonyl (C=O) groups is 1. The first-order valence-corrected chi connectivity index (χ1v) is 9.65. The molecule has 22 heavy (non-hydrogen) atoms. The lowest BCUT2D eigenvalue weighted by molar-refractivity contribution is -0.142. The zero-order valence-corrected chi connectivity index (χ0v) is 13.6. The van der Waals surface area contributed by atoms with Crippen LogP contribution in [0.25, 0.3) is 0 Å². The van der Waals surface area contributed by atoms with Crippen molar-refractivity contribution in [2.75, 3.05) is 5.75 Å². The first-order valence-electron chi connectivity index (χ1n) is 8.00. The van der Waals surface area contributed by atoms with Crippen LogP contribution in [0, 0.1) is 22.7 Å². The number of nitrogens with zero attached hydrogens (tertiary/aromatic N) is 1. The highest BCUT2D eigenvalue weighted by molar-refractivity contribution is 7.89. The summed E-state index contributed by atoms with van der Waals surface area (Å²) in [5.74, 6) is -1.29. The molecule has 124 valence electrons. The number of hydrogen-bond acceptors (Lipinski definition) is 4. The highest BCUT2D eigenvalue weighted by atomic mass is 32.2. The third-order valence-electron chi connectivity index (χ3n) is 4.94. The first kappa shape index (κ1) is 17.2. The molecule has 2 rings (SSSR count). The van der Waals surface area contributed by atoms with Crippen LogP contribution in [0.3, 0.4) is 0 Å². The number of carboxylic acids is 1. The molecule has 2 saturated carbocycles. The minimum absolute atomic E-state index is 0.130. The Morgan fingerprint density at radius 3 is 2.27 bits per heavy atom. The zero-order valence-electron chi connectivity index (χ0n) is 12.8. The normalized spacial score (nSPS) is 28.7. The van der Waals surface area contributed by atoms with Crippen molar-refractivity contribution in [3.05, 3.63) is 0 Å². The SMILES string of the molecule is N#CC1(CS(=O)(=O)NC2CCC(C(=O)O)CC2)CCCCC1. The molecule has 0 amide bonds. The van der Waals surface area contributed by atoms with Crippen LogP contribution in [0.2, 0.25) is 0 Å². The first-order chi connectivity index (χ1) is 10.4. The molecular formula is C15H24N2O4S. The van der Waals surface area contributed by atoms with Crippen molar-refractivity contribution in [1.82, 2.24) is 4.72 Å². The van der Waals surface area contributed by atoms with Gasteiger partial charge >= 0.3 is 5.97 Å². The minimum atomic E-state index is -3.51. The Morgan fingerprint density at radius 2 is 1.77 bits per heavy atom. The third-order valence-corrected chi connectivity index (χ3v) is 6.56. The Labute approximate surface area is 131 Å². The summed E-state index contributed by atoms with van der Waals surface area (Å²) >= 11 is 0. The molecule has 0 radical (unpaired) electrons. The van der Waals surface area contributed by atoms with Gasteiger partial charge in [-0.2, -0.15) is 5.26 Å². The van der Waals surface area contributed by atoms with Gasteiger partial charge in [-0.15, -0.1) is 0 Å². The van der Waals surface area contributed by atoms with Crippen molar-refractivity contribution in [3.8, 4) is 6.07 Å². The minimum Gasteiger partial charge on any atom is -0.481 e. The number of rotatable bonds is 5. The van der Waals surface area contributed by atoms with Crippen LogP contribution in [-0.4, -0.2) is 31.3 Å². The van der Waals surface area contributed by atoms with Crippen molar-refractivity contribution in [2.24, 2.45) is 11.3 Å². The number of nitrogens with one attached hydrogen (secondary N) is 1. The van der Waals surface area contributed by atoms with Gasteiger partial charge in [0.25, 0.3) is 0 Å². The second-order valence-corrected chi connectivity index (χ2v) is 8.47. The maximum Gasteiger partial charge on any atom is 0.306 e. The number of carboxylic acid groups (broad SMARTS) is 1. The van der Waals surface area contributed by atoms with E-state index < -0.39 is 21.4 Å². The molecule has 0 unspecified atom stereocenters. The van der Waals surface area contributed by atoms with Gasteiger partial charge in [0, 0.05) is 6.04 Å². The highest BCUT2D eigenvalue weighted by Crippen LogP contribution is 2.37. The largest absolute Gasteiger partial charge is 0.481 e. The van der Waals surface area contributed by atoms with Crippen molar-refractivity contribution >= 4 is 16.0 Å². The molecule has 0 aromatic carbocycles. The van der Waals surface area contributed by atoms with E-state index in [1.807, 2.05) is 0 Å². The summed E-state index contributed by atoms with van der Waals surface area (Å²) in [5.41, 5.74) is -0.748. The standard InChI is InChI=1S/C15H24N2O4S/c16-10-15(8-2-1-3-9-15)11-22(20,21)17-13-6-4-12(5-7-13)14(18)19/h12-13,17H,1-9,11H2,(H,18,19). The predicted molar refractivity (Wildman–Crippen MR) is 81.4 cm³/mol. The van der Waals surface area contributed by atoms with Gasteiger partial charge in [-0.25, -0.2) is 13.1 Å². The highest BCUT2D eigenvalue weighted by Gasteiger charge is 2.38. The third kappa shape index (κ3) is 4.43. The number of sulfonamides is 1. The quantitative estimate of drug-likeness (QED) is 0.803. The molecular weight excluding hydrogens is 304 g/mol. The van der Waals surface area contributed by atoms with E-state index in [0.717, 1.165) is 19.3 Å². The molecule has 2 aliphatic carbocycles. The molecule has 0 aromatic rings. The van der Waals surface area contributed by atoms with Crippen molar-refractivity contribution in [1.29, 1.82) is 5.26 Å². The molecule has 0 aliphatic heterocycles. The van der Waals surface area contributed by atoms with Crippen LogP contribution < -0.4 is 4.72 Å². The van der Waals surface area contributed by atoms with Gasteiger partial charge in [-0.05, 0) is 38.5 Å². The summed E-state index contributed by atoms with van der Waals surface area (Å²) in [6.45, 7) is 0. The number of aliphatic carboxylic acids is 1. The second-order valence-electron chi connectivity index (χ2n) is 6.72. The maximum absolute atomic E-state index is 12.4. The number of nitriles is 1. The van der Waals surface area contributed by atoms with E-state index in [9.17, 15) is 18.5 Å². The van der Waals surface area contributed by atoms with E-state index in [1.165, 1.54) is 0 Å². The predicted octanol–water partition coefficient (Wildman–Crippen LogP) is 2.02. The smallest absolute Gasteiger partial charge is 0.306 e. The van der Waals surface area contributed by atoms with Gasteiger partial charge in [-0.3, -0.25) is 4.79 Å². The van der Waals surface area contributed by atoms with Gasteiger partial charge in [0.1, 0.15) is 0 Å². The molecule has 0 bridgehead atoms. The molecule has 0 spiro atoms. The van der Waals surface area contributed by atoms with Gasteiger partial charge in [0.2, 0.25) is 10.0 Å². The molecule has 6 nitrogen and oxygen atoms in total. The molecule has 0 atom stereocenters. The van der Waals surface area contributed by atoms with Crippen molar-refractivity contribution in [2.45, 2.75) is 63.8 Å². The van der Waals surface area contributed by atoms with E-state index in [4.69, 9.17) is 5.11 Å². The van der Waals surface area contributed by atoms with Gasteiger partial charge in [0.05, 0.1) is 23.2 Å². The van der Waals surface area contributed by atoms with Crippen LogP contribution in [0.15, 0.2) is 0 Å². The van der Waals surface area contributed by atoms with Crippen LogP contribution >= 0.6 is 0 Å². The van der Waals surface area contributed by atoms with Crippen LogP contribution in [0.1, 0.15) is 57.8 Å². The summed E-state index contributed by atoms with van der Waals surface area (Å²) < 4.78 is 27.4. The molecule has 0 heterocycles. The van der Waals surface area contributed by atoms with Gasteiger partial charge in [-0.1, -0.05) is 19.3 Å². The fourth-order valence-corrected chi connectivity index (χ4v) is 5.54. The van der Waals surface area contributed by atoms with Gasteiger partial charge in [0.15, 0.2) is 0 Å². The monoisotopic (exact) mass is 328 g/mol. The summed E-state index contributed by atoms with van der Waals surface area (Å²) in [4.78, 5) is 10.9. The second kappa shape index (κ2) is 6.97. The topological polar surface area (TPSA) is 107 Å². The van der Waals surface area contributed by atoms with Crippen LogP contribution in [-0.2, 0) is 14.8 Å². The molecule has 0 saturated heterocycles. The molecule has 0 aromatic heterocycles. The Bertz CT molecular complexity index is 538. The lowest BCUT2D eigenvalue weighted by Gasteiger charge is -2.32. The summed E-state index contributed by atoms with van der Waals surface area (Å²) in [6.07, 6.45) is 6.30. The zero-order chi connectivity index (χ0) is 16.2. The molecule has 2 aliphatic rings. The molecule has 7 heteroatoms. The average Bonchev–Trinajstić information content (AvgIpc) is 2.47. The van der Waals surface area contributed by atoms with E-state index in [1.54, 1.807) is 0 Å². The Balaban J connectivity index is 1.91. The lowest BCUT2D eigenvalue weighted by Crippen LogP contribution is -2.43. The summed E-state index contributed by atoms with van der Waals surface area (Å²) in [6, 6.07) is 2.04. The average molecular weight is 328 g/mol. The Kier molecular flexibility index (Phi) is 5.45. The Hall–Kier alpha value is -1.13. The summed E-state index contributed by atoms with van der Waals surface area (Å²) in [7, 11) is -3.51. The van der Waals surface area contributed by atoms with Crippen molar-refractivity contribution in [3.63, 3.8) is 0 Å². The van der Waals surface area contributed by atoms with Gasteiger partial charge < -0.3 is 5.11 Å². The number of hydrogen-bond donors (Lipinski definition) is 2. The lowest BCUT2D eigenvalue weighted by atomic mass is 9.77. The van der Waals surface area contributed by atoms with Crippen molar-refractivity contribution < 1.29 is 18.3 Å². The van der Waals surface area contributed by atoms with E-state index >= 15 is 0 Å². The van der Waals surface area contributed by atoms with E-state index in [2.05, 4.69) is 10.8 Å². The fraction of sp³-hybridized carbons (Fsp3) is 0.867. The Morgan fingerprint density at radius 1 is 1.18 bits per heavy atom. The maximum atomic E-state index is 12.4. The summed E-state index contributed by atoms with van der Waals surface area (Å²) in [5, 5.41) is 18.4. The molecule has 2 fully saturated rings. The van der Waals surface area contributed by atoms with E-state index in [-0.39, 0.29) is 17.7 Å².